The van der Waals surface area contributed by atoms with Crippen LogP contribution in [-0.4, -0.2) is 7.05 Å². The standard InChI is InChI=1S/C17H15ClFNO/c1-10-4-3-5-11-8-15(21-17(10)11)16(20-2)13-7-6-12(19)9-14(13)18/h3-9,16,20H,1-2H3. The maximum absolute atomic E-state index is 13.2. The minimum atomic E-state index is -0.348. The van der Waals surface area contributed by atoms with E-state index in [9.17, 15) is 4.39 Å². The van der Waals surface area contributed by atoms with Crippen molar-refractivity contribution in [3.63, 3.8) is 0 Å². The molecule has 0 aliphatic rings. The lowest BCUT2D eigenvalue weighted by Gasteiger charge is -2.15. The predicted octanol–water partition coefficient (Wildman–Crippen LogP) is 4.84. The van der Waals surface area contributed by atoms with E-state index in [1.165, 1.54) is 12.1 Å². The first-order chi connectivity index (χ1) is 10.1. The van der Waals surface area contributed by atoms with Crippen LogP contribution in [0.5, 0.6) is 0 Å². The molecule has 4 heteroatoms. The first kappa shape index (κ1) is 14.1. The van der Waals surface area contributed by atoms with Gasteiger partial charge in [0.15, 0.2) is 0 Å². The predicted molar refractivity (Wildman–Crippen MR) is 83.3 cm³/mol. The Hall–Kier alpha value is -1.84. The van der Waals surface area contributed by atoms with Crippen LogP contribution < -0.4 is 5.32 Å². The van der Waals surface area contributed by atoms with Crippen LogP contribution in [0.4, 0.5) is 4.39 Å². The van der Waals surface area contributed by atoms with Gasteiger partial charge in [0, 0.05) is 10.4 Å². The minimum Gasteiger partial charge on any atom is -0.459 e. The third-order valence-electron chi connectivity index (χ3n) is 3.61. The Kier molecular flexibility index (Phi) is 3.70. The van der Waals surface area contributed by atoms with E-state index >= 15 is 0 Å². The smallest absolute Gasteiger partial charge is 0.137 e. The molecule has 1 unspecified atom stereocenters. The van der Waals surface area contributed by atoms with Crippen LogP contribution in [0.3, 0.4) is 0 Å². The van der Waals surface area contributed by atoms with E-state index < -0.39 is 0 Å². The normalized spacial score (nSPS) is 12.8. The van der Waals surface area contributed by atoms with E-state index in [-0.39, 0.29) is 11.9 Å². The Morgan fingerprint density at radius 1 is 1.19 bits per heavy atom. The van der Waals surface area contributed by atoms with Crippen molar-refractivity contribution < 1.29 is 8.81 Å². The van der Waals surface area contributed by atoms with Gasteiger partial charge in [0.05, 0.1) is 6.04 Å². The number of benzene rings is 2. The number of halogens is 2. The summed E-state index contributed by atoms with van der Waals surface area (Å²) < 4.78 is 19.2. The lowest BCUT2D eigenvalue weighted by atomic mass is 10.0. The monoisotopic (exact) mass is 303 g/mol. The van der Waals surface area contributed by atoms with Crippen LogP contribution in [0.15, 0.2) is 46.9 Å². The number of aryl methyl sites for hydroxylation is 1. The maximum Gasteiger partial charge on any atom is 0.137 e. The Morgan fingerprint density at radius 2 is 2.00 bits per heavy atom. The molecule has 0 amide bonds. The number of fused-ring (bicyclic) bond motifs is 1. The zero-order chi connectivity index (χ0) is 15.0. The first-order valence-electron chi connectivity index (χ1n) is 6.71. The fourth-order valence-electron chi connectivity index (χ4n) is 2.56. The highest BCUT2D eigenvalue weighted by molar-refractivity contribution is 6.31. The summed E-state index contributed by atoms with van der Waals surface area (Å²) in [6.07, 6.45) is 0. The summed E-state index contributed by atoms with van der Waals surface area (Å²) in [5.41, 5.74) is 2.74. The van der Waals surface area contributed by atoms with Crippen LogP contribution in [0.1, 0.15) is 22.9 Å². The van der Waals surface area contributed by atoms with Gasteiger partial charge in [-0.3, -0.25) is 0 Å². The van der Waals surface area contributed by atoms with E-state index in [1.807, 2.05) is 38.2 Å². The van der Waals surface area contributed by atoms with Crippen molar-refractivity contribution in [3.05, 3.63) is 70.2 Å². The van der Waals surface area contributed by atoms with E-state index in [0.717, 1.165) is 27.9 Å². The van der Waals surface area contributed by atoms with Gasteiger partial charge in [-0.1, -0.05) is 35.9 Å². The molecule has 1 aromatic heterocycles. The molecular formula is C17H15ClFNO. The third-order valence-corrected chi connectivity index (χ3v) is 3.93. The molecule has 21 heavy (non-hydrogen) atoms. The van der Waals surface area contributed by atoms with Crippen molar-refractivity contribution in [1.82, 2.24) is 5.32 Å². The molecule has 0 aliphatic carbocycles. The Bertz CT molecular complexity index is 797. The molecule has 1 atom stereocenters. The lowest BCUT2D eigenvalue weighted by Crippen LogP contribution is -2.17. The van der Waals surface area contributed by atoms with Crippen molar-refractivity contribution in [2.75, 3.05) is 7.05 Å². The van der Waals surface area contributed by atoms with Gasteiger partial charge >= 0.3 is 0 Å². The number of furan rings is 1. The average Bonchev–Trinajstić information content (AvgIpc) is 2.87. The van der Waals surface area contributed by atoms with Crippen LogP contribution in [0, 0.1) is 12.7 Å². The molecule has 0 spiro atoms. The summed E-state index contributed by atoms with van der Waals surface area (Å²) in [7, 11) is 1.82. The number of rotatable bonds is 3. The molecule has 3 rings (SSSR count). The number of hydrogen-bond donors (Lipinski definition) is 1. The molecule has 0 radical (unpaired) electrons. The van der Waals surface area contributed by atoms with Gasteiger partial charge in [0.2, 0.25) is 0 Å². The maximum atomic E-state index is 13.2. The molecule has 0 aliphatic heterocycles. The molecule has 3 aromatic rings. The number of nitrogens with one attached hydrogen (secondary N) is 1. The summed E-state index contributed by atoms with van der Waals surface area (Å²) in [5, 5.41) is 4.60. The quantitative estimate of drug-likeness (QED) is 0.749. The van der Waals surface area contributed by atoms with Gasteiger partial charge in [-0.25, -0.2) is 4.39 Å². The fourth-order valence-corrected chi connectivity index (χ4v) is 2.83. The van der Waals surface area contributed by atoms with Crippen molar-refractivity contribution in [3.8, 4) is 0 Å². The molecule has 0 fully saturated rings. The first-order valence-corrected chi connectivity index (χ1v) is 7.09. The third kappa shape index (κ3) is 2.55. The topological polar surface area (TPSA) is 25.2 Å². The van der Waals surface area contributed by atoms with E-state index in [1.54, 1.807) is 6.07 Å². The van der Waals surface area contributed by atoms with Crippen LogP contribution in [0.25, 0.3) is 11.0 Å². The highest BCUT2D eigenvalue weighted by Gasteiger charge is 2.20. The Labute approximate surface area is 127 Å². The molecule has 2 nitrogen and oxygen atoms in total. The minimum absolute atomic E-state index is 0.218. The van der Waals surface area contributed by atoms with Crippen molar-refractivity contribution in [1.29, 1.82) is 0 Å². The van der Waals surface area contributed by atoms with Crippen molar-refractivity contribution in [2.45, 2.75) is 13.0 Å². The zero-order valence-corrected chi connectivity index (χ0v) is 12.5. The average molecular weight is 304 g/mol. The van der Waals surface area contributed by atoms with Gasteiger partial charge in [-0.15, -0.1) is 0 Å². The number of para-hydroxylation sites is 1. The molecule has 1 N–H and O–H groups in total. The molecule has 1 heterocycles. The molecule has 0 bridgehead atoms. The van der Waals surface area contributed by atoms with Gasteiger partial charge < -0.3 is 9.73 Å². The summed E-state index contributed by atoms with van der Waals surface area (Å²) in [6.45, 7) is 2.01. The summed E-state index contributed by atoms with van der Waals surface area (Å²) in [4.78, 5) is 0. The molecule has 108 valence electrons. The van der Waals surface area contributed by atoms with E-state index in [2.05, 4.69) is 5.32 Å². The molecule has 2 aromatic carbocycles. The summed E-state index contributed by atoms with van der Waals surface area (Å²) >= 11 is 6.16. The van der Waals surface area contributed by atoms with Gasteiger partial charge in [0.1, 0.15) is 17.2 Å². The van der Waals surface area contributed by atoms with Gasteiger partial charge in [-0.05, 0) is 43.3 Å². The Balaban J connectivity index is 2.11. The second-order valence-electron chi connectivity index (χ2n) is 5.03. The van der Waals surface area contributed by atoms with Gasteiger partial charge in [0.25, 0.3) is 0 Å². The molecular weight excluding hydrogens is 289 g/mol. The lowest BCUT2D eigenvalue weighted by molar-refractivity contribution is 0.490. The highest BCUT2D eigenvalue weighted by atomic mass is 35.5. The zero-order valence-electron chi connectivity index (χ0n) is 11.8. The fraction of sp³-hybridized carbons (Fsp3) is 0.176. The van der Waals surface area contributed by atoms with E-state index in [0.29, 0.717) is 5.02 Å². The highest BCUT2D eigenvalue weighted by Crippen LogP contribution is 2.33. The second kappa shape index (κ2) is 5.51. The molecule has 0 saturated heterocycles. The van der Waals surface area contributed by atoms with E-state index in [4.69, 9.17) is 16.0 Å². The van der Waals surface area contributed by atoms with Crippen LogP contribution in [0.2, 0.25) is 5.02 Å². The number of hydrogen-bond acceptors (Lipinski definition) is 2. The second-order valence-corrected chi connectivity index (χ2v) is 5.44. The SMILES string of the molecule is CNC(c1cc2cccc(C)c2o1)c1ccc(F)cc1Cl. The van der Waals surface area contributed by atoms with Crippen molar-refractivity contribution >= 4 is 22.6 Å². The van der Waals surface area contributed by atoms with Crippen LogP contribution in [-0.2, 0) is 0 Å². The summed E-state index contributed by atoms with van der Waals surface area (Å²) in [5.74, 6) is 0.411. The van der Waals surface area contributed by atoms with Crippen LogP contribution >= 0.6 is 11.6 Å². The molecule has 0 saturated carbocycles. The van der Waals surface area contributed by atoms with Crippen molar-refractivity contribution in [2.24, 2.45) is 0 Å². The van der Waals surface area contributed by atoms with Gasteiger partial charge in [-0.2, -0.15) is 0 Å². The Morgan fingerprint density at radius 3 is 2.67 bits per heavy atom. The largest absolute Gasteiger partial charge is 0.459 e. The summed E-state index contributed by atoms with van der Waals surface area (Å²) in [6, 6.07) is 12.2.